The van der Waals surface area contributed by atoms with Crippen LogP contribution in [0.2, 0.25) is 0 Å². The number of imidazole rings is 1. The van der Waals surface area contributed by atoms with Crippen LogP contribution in [0.4, 0.5) is 0 Å². The summed E-state index contributed by atoms with van der Waals surface area (Å²) in [4.78, 5) is 12.2. The van der Waals surface area contributed by atoms with Gasteiger partial charge in [-0.25, -0.2) is 9.97 Å². The molecule has 3 nitrogen and oxygen atoms in total. The SMILES string of the molecule is Cc1ccc2nc(Sc3ncccc3Br)[nH]c2c1. The molecule has 5 heteroatoms. The molecule has 3 aromatic rings. The Balaban J connectivity index is 1.98. The predicted molar refractivity (Wildman–Crippen MR) is 76.9 cm³/mol. The Labute approximate surface area is 117 Å². The van der Waals surface area contributed by atoms with E-state index in [0.29, 0.717) is 0 Å². The maximum absolute atomic E-state index is 4.54. The minimum atomic E-state index is 0.856. The molecule has 0 radical (unpaired) electrons. The molecule has 0 amide bonds. The Morgan fingerprint density at radius 1 is 1.28 bits per heavy atom. The van der Waals surface area contributed by atoms with Crippen LogP contribution in [0.5, 0.6) is 0 Å². The lowest BCUT2D eigenvalue weighted by Crippen LogP contribution is -1.81. The first-order chi connectivity index (χ1) is 8.72. The van der Waals surface area contributed by atoms with Crippen LogP contribution in [0.15, 0.2) is 51.2 Å². The van der Waals surface area contributed by atoms with Crippen molar-refractivity contribution in [3.05, 3.63) is 46.6 Å². The third-order valence-corrected chi connectivity index (χ3v) is 4.34. The van der Waals surface area contributed by atoms with E-state index < -0.39 is 0 Å². The molecule has 0 aliphatic rings. The summed E-state index contributed by atoms with van der Waals surface area (Å²) in [6.07, 6.45) is 1.78. The molecule has 0 saturated carbocycles. The quantitative estimate of drug-likeness (QED) is 0.770. The molecule has 1 N–H and O–H groups in total. The number of pyridine rings is 1. The number of aromatic amines is 1. The lowest BCUT2D eigenvalue weighted by Gasteiger charge is -1.98. The number of hydrogen-bond donors (Lipinski definition) is 1. The first kappa shape index (κ1) is 11.7. The molecule has 0 aliphatic carbocycles. The summed E-state index contributed by atoms with van der Waals surface area (Å²) in [5.41, 5.74) is 3.27. The maximum atomic E-state index is 4.54. The van der Waals surface area contributed by atoms with Gasteiger partial charge in [-0.05, 0) is 64.4 Å². The highest BCUT2D eigenvalue weighted by Gasteiger charge is 2.07. The molecule has 0 spiro atoms. The van der Waals surface area contributed by atoms with E-state index in [4.69, 9.17) is 0 Å². The minimum absolute atomic E-state index is 0.856. The Bertz CT molecular complexity index is 708. The van der Waals surface area contributed by atoms with Crippen LogP contribution in [0.1, 0.15) is 5.56 Å². The highest BCUT2D eigenvalue weighted by atomic mass is 79.9. The van der Waals surface area contributed by atoms with E-state index in [-0.39, 0.29) is 0 Å². The average Bonchev–Trinajstić information content (AvgIpc) is 2.73. The van der Waals surface area contributed by atoms with E-state index in [2.05, 4.69) is 49.9 Å². The molecule has 2 heterocycles. The Kier molecular flexibility index (Phi) is 3.09. The van der Waals surface area contributed by atoms with Crippen molar-refractivity contribution in [3.63, 3.8) is 0 Å². The van der Waals surface area contributed by atoms with Crippen molar-refractivity contribution >= 4 is 38.7 Å². The van der Waals surface area contributed by atoms with Gasteiger partial charge in [0.2, 0.25) is 0 Å². The highest BCUT2D eigenvalue weighted by Crippen LogP contribution is 2.30. The fourth-order valence-corrected chi connectivity index (χ4v) is 2.95. The van der Waals surface area contributed by atoms with Gasteiger partial charge in [-0.3, -0.25) is 0 Å². The van der Waals surface area contributed by atoms with Crippen LogP contribution in [0.3, 0.4) is 0 Å². The maximum Gasteiger partial charge on any atom is 0.172 e. The van der Waals surface area contributed by atoms with Crippen molar-refractivity contribution in [3.8, 4) is 0 Å². The van der Waals surface area contributed by atoms with Gasteiger partial charge >= 0.3 is 0 Å². The van der Waals surface area contributed by atoms with Crippen LogP contribution >= 0.6 is 27.7 Å². The van der Waals surface area contributed by atoms with Gasteiger partial charge in [-0.2, -0.15) is 0 Å². The van der Waals surface area contributed by atoms with Crippen molar-refractivity contribution in [2.45, 2.75) is 17.1 Å². The smallest absolute Gasteiger partial charge is 0.172 e. The molecule has 0 saturated heterocycles. The van der Waals surface area contributed by atoms with Crippen LogP contribution in [-0.4, -0.2) is 15.0 Å². The monoisotopic (exact) mass is 319 g/mol. The van der Waals surface area contributed by atoms with E-state index in [1.165, 1.54) is 17.3 Å². The summed E-state index contributed by atoms with van der Waals surface area (Å²) in [5, 5.41) is 1.77. The Hall–Kier alpha value is -1.33. The molecule has 90 valence electrons. The lowest BCUT2D eigenvalue weighted by molar-refractivity contribution is 1.05. The fraction of sp³-hybridized carbons (Fsp3) is 0.0769. The average molecular weight is 320 g/mol. The van der Waals surface area contributed by atoms with Crippen molar-refractivity contribution < 1.29 is 0 Å². The molecule has 18 heavy (non-hydrogen) atoms. The minimum Gasteiger partial charge on any atom is -0.333 e. The van der Waals surface area contributed by atoms with Gasteiger partial charge in [0.25, 0.3) is 0 Å². The number of fused-ring (bicyclic) bond motifs is 1. The highest BCUT2D eigenvalue weighted by molar-refractivity contribution is 9.10. The molecule has 0 aliphatic heterocycles. The molecule has 1 aromatic carbocycles. The number of aromatic nitrogens is 3. The molecule has 0 atom stereocenters. The number of rotatable bonds is 2. The van der Waals surface area contributed by atoms with Crippen LogP contribution < -0.4 is 0 Å². The number of aryl methyl sites for hydroxylation is 1. The molecule has 0 bridgehead atoms. The number of H-pyrrole nitrogens is 1. The third-order valence-electron chi connectivity index (χ3n) is 2.53. The largest absolute Gasteiger partial charge is 0.333 e. The van der Waals surface area contributed by atoms with E-state index in [1.807, 2.05) is 18.2 Å². The van der Waals surface area contributed by atoms with Gasteiger partial charge in [0.1, 0.15) is 5.03 Å². The number of nitrogens with one attached hydrogen (secondary N) is 1. The zero-order valence-electron chi connectivity index (χ0n) is 9.64. The molecular formula is C13H10BrN3S. The van der Waals surface area contributed by atoms with E-state index >= 15 is 0 Å². The van der Waals surface area contributed by atoms with Crippen molar-refractivity contribution in [2.75, 3.05) is 0 Å². The van der Waals surface area contributed by atoms with Gasteiger partial charge in [0.15, 0.2) is 5.16 Å². The summed E-state index contributed by atoms with van der Waals surface area (Å²) in [5.74, 6) is 0. The first-order valence-electron chi connectivity index (χ1n) is 5.47. The normalized spacial score (nSPS) is 11.0. The number of hydrogen-bond acceptors (Lipinski definition) is 3. The summed E-state index contributed by atoms with van der Waals surface area (Å²) in [6, 6.07) is 10.1. The van der Waals surface area contributed by atoms with Gasteiger partial charge in [-0.15, -0.1) is 0 Å². The van der Waals surface area contributed by atoms with Gasteiger partial charge < -0.3 is 4.98 Å². The zero-order chi connectivity index (χ0) is 12.5. The van der Waals surface area contributed by atoms with E-state index in [9.17, 15) is 0 Å². The Morgan fingerprint density at radius 2 is 2.17 bits per heavy atom. The topological polar surface area (TPSA) is 41.6 Å². The van der Waals surface area contributed by atoms with E-state index in [0.717, 1.165) is 25.7 Å². The molecule has 2 aromatic heterocycles. The third kappa shape index (κ3) is 2.28. The molecule has 3 rings (SSSR count). The fourth-order valence-electron chi connectivity index (χ4n) is 1.69. The second kappa shape index (κ2) is 4.74. The van der Waals surface area contributed by atoms with E-state index in [1.54, 1.807) is 6.20 Å². The van der Waals surface area contributed by atoms with Gasteiger partial charge in [0, 0.05) is 6.20 Å². The van der Waals surface area contributed by atoms with Crippen LogP contribution in [-0.2, 0) is 0 Å². The molecule has 0 unspecified atom stereocenters. The standard InChI is InChI=1S/C13H10BrN3S/c1-8-4-5-10-11(7-8)17-13(16-10)18-12-9(14)3-2-6-15-12/h2-7H,1H3,(H,16,17). The summed E-state index contributed by atoms with van der Waals surface area (Å²) in [6.45, 7) is 2.07. The van der Waals surface area contributed by atoms with Crippen LogP contribution in [0, 0.1) is 6.92 Å². The number of nitrogens with zero attached hydrogens (tertiary/aromatic N) is 2. The molecule has 0 fully saturated rings. The summed E-state index contributed by atoms with van der Waals surface area (Å²) < 4.78 is 0.978. The number of benzene rings is 1. The van der Waals surface area contributed by atoms with Crippen molar-refractivity contribution in [1.82, 2.24) is 15.0 Å². The summed E-state index contributed by atoms with van der Waals surface area (Å²) >= 11 is 5.01. The predicted octanol–water partition coefficient (Wildman–Crippen LogP) is 4.18. The van der Waals surface area contributed by atoms with Gasteiger partial charge in [-0.1, -0.05) is 6.07 Å². The van der Waals surface area contributed by atoms with Crippen molar-refractivity contribution in [2.24, 2.45) is 0 Å². The lowest BCUT2D eigenvalue weighted by atomic mass is 10.2. The second-order valence-electron chi connectivity index (χ2n) is 3.95. The van der Waals surface area contributed by atoms with Crippen molar-refractivity contribution in [1.29, 1.82) is 0 Å². The Morgan fingerprint density at radius 3 is 3.00 bits per heavy atom. The first-order valence-corrected chi connectivity index (χ1v) is 7.08. The van der Waals surface area contributed by atoms with Crippen LogP contribution in [0.25, 0.3) is 11.0 Å². The number of halogens is 1. The zero-order valence-corrected chi connectivity index (χ0v) is 12.0. The second-order valence-corrected chi connectivity index (χ2v) is 5.79. The summed E-state index contributed by atoms with van der Waals surface area (Å²) in [7, 11) is 0. The van der Waals surface area contributed by atoms with Gasteiger partial charge in [0.05, 0.1) is 15.5 Å². The molecular weight excluding hydrogens is 310 g/mol.